The smallest absolute Gasteiger partial charge is 0.226 e. The van der Waals surface area contributed by atoms with E-state index in [4.69, 9.17) is 9.26 Å². The van der Waals surface area contributed by atoms with E-state index >= 15 is 0 Å². The summed E-state index contributed by atoms with van der Waals surface area (Å²) in [5.74, 6) is 1.81. The number of aromatic nitrogens is 2. The van der Waals surface area contributed by atoms with Crippen molar-refractivity contribution in [2.75, 3.05) is 12.4 Å². The highest BCUT2D eigenvalue weighted by Gasteiger charge is 2.09. The second-order valence-corrected chi connectivity index (χ2v) is 5.51. The Morgan fingerprint density at radius 1 is 1.12 bits per heavy atom. The van der Waals surface area contributed by atoms with E-state index in [0.29, 0.717) is 31.0 Å². The van der Waals surface area contributed by atoms with Crippen LogP contribution in [0.1, 0.15) is 18.7 Å². The molecule has 0 aliphatic heterocycles. The fourth-order valence-electron chi connectivity index (χ4n) is 2.36. The monoisotopic (exact) mass is 337 g/mol. The molecule has 6 heteroatoms. The molecular weight excluding hydrogens is 318 g/mol. The van der Waals surface area contributed by atoms with E-state index in [1.165, 1.54) is 0 Å². The third-order valence-electron chi connectivity index (χ3n) is 3.67. The molecular formula is C19H19N3O3. The van der Waals surface area contributed by atoms with Gasteiger partial charge in [-0.3, -0.25) is 4.79 Å². The summed E-state index contributed by atoms with van der Waals surface area (Å²) in [6, 6.07) is 16.9. The van der Waals surface area contributed by atoms with Crippen LogP contribution in [0.2, 0.25) is 0 Å². The predicted octanol–water partition coefficient (Wildman–Crippen LogP) is 3.71. The van der Waals surface area contributed by atoms with Gasteiger partial charge in [-0.25, -0.2) is 0 Å². The van der Waals surface area contributed by atoms with Gasteiger partial charge in [-0.2, -0.15) is 4.98 Å². The van der Waals surface area contributed by atoms with Gasteiger partial charge in [0.25, 0.3) is 0 Å². The van der Waals surface area contributed by atoms with Gasteiger partial charge in [0, 0.05) is 24.1 Å². The fraction of sp³-hybridized carbons (Fsp3) is 0.211. The lowest BCUT2D eigenvalue weighted by molar-refractivity contribution is -0.116. The van der Waals surface area contributed by atoms with Crippen molar-refractivity contribution in [1.29, 1.82) is 0 Å². The van der Waals surface area contributed by atoms with Crippen molar-refractivity contribution in [2.24, 2.45) is 0 Å². The standard InChI is InChI=1S/C19H19N3O3/c1-24-16-12-10-15(11-13-16)20-17(23)8-5-9-18-21-19(22-25-18)14-6-3-2-4-7-14/h2-4,6-7,10-13H,5,8-9H2,1H3,(H,20,23). The van der Waals surface area contributed by atoms with Crippen molar-refractivity contribution in [3.8, 4) is 17.1 Å². The molecule has 0 fully saturated rings. The molecule has 3 rings (SSSR count). The van der Waals surface area contributed by atoms with Gasteiger partial charge in [0.1, 0.15) is 5.75 Å². The summed E-state index contributed by atoms with van der Waals surface area (Å²) in [7, 11) is 1.61. The molecule has 1 aromatic heterocycles. The van der Waals surface area contributed by atoms with Crippen LogP contribution in [0, 0.1) is 0 Å². The Labute approximate surface area is 145 Å². The second-order valence-electron chi connectivity index (χ2n) is 5.51. The number of carbonyl (C=O) groups is 1. The van der Waals surface area contributed by atoms with Crippen LogP contribution in [0.15, 0.2) is 59.1 Å². The number of hydrogen-bond donors (Lipinski definition) is 1. The summed E-state index contributed by atoms with van der Waals surface area (Å²) in [5, 5.41) is 6.82. The van der Waals surface area contributed by atoms with Crippen LogP contribution < -0.4 is 10.1 Å². The van der Waals surface area contributed by atoms with Crippen LogP contribution in [0.3, 0.4) is 0 Å². The Bertz CT molecular complexity index is 813. The Balaban J connectivity index is 1.46. The summed E-state index contributed by atoms with van der Waals surface area (Å²) >= 11 is 0. The molecule has 0 aliphatic carbocycles. The normalized spacial score (nSPS) is 10.4. The topological polar surface area (TPSA) is 77.2 Å². The van der Waals surface area contributed by atoms with Crippen LogP contribution in [0.25, 0.3) is 11.4 Å². The molecule has 1 N–H and O–H groups in total. The second kappa shape index (κ2) is 8.10. The first-order chi connectivity index (χ1) is 12.2. The highest BCUT2D eigenvalue weighted by molar-refractivity contribution is 5.90. The third-order valence-corrected chi connectivity index (χ3v) is 3.67. The SMILES string of the molecule is COc1ccc(NC(=O)CCCc2nc(-c3ccccc3)no2)cc1. The molecule has 0 saturated heterocycles. The maximum atomic E-state index is 12.0. The first-order valence-corrected chi connectivity index (χ1v) is 8.06. The number of carbonyl (C=O) groups excluding carboxylic acids is 1. The minimum absolute atomic E-state index is 0.0482. The lowest BCUT2D eigenvalue weighted by Crippen LogP contribution is -2.11. The van der Waals surface area contributed by atoms with Crippen molar-refractivity contribution in [1.82, 2.24) is 10.1 Å². The molecule has 1 heterocycles. The van der Waals surface area contributed by atoms with Gasteiger partial charge in [-0.05, 0) is 30.7 Å². The van der Waals surface area contributed by atoms with E-state index in [-0.39, 0.29) is 5.91 Å². The van der Waals surface area contributed by atoms with Crippen LogP contribution in [-0.4, -0.2) is 23.2 Å². The molecule has 0 bridgehead atoms. The summed E-state index contributed by atoms with van der Waals surface area (Å²) in [6.07, 6.45) is 1.59. The van der Waals surface area contributed by atoms with Crippen LogP contribution >= 0.6 is 0 Å². The first kappa shape index (κ1) is 16.7. The van der Waals surface area contributed by atoms with Crippen molar-refractivity contribution in [3.05, 3.63) is 60.5 Å². The Kier molecular flexibility index (Phi) is 5.41. The zero-order valence-corrected chi connectivity index (χ0v) is 13.9. The Hall–Kier alpha value is -3.15. The van der Waals surface area contributed by atoms with E-state index in [0.717, 1.165) is 17.0 Å². The number of rotatable bonds is 7. The predicted molar refractivity (Wildman–Crippen MR) is 94.3 cm³/mol. The first-order valence-electron chi connectivity index (χ1n) is 8.06. The molecule has 0 saturated carbocycles. The molecule has 0 unspecified atom stereocenters. The molecule has 1 amide bonds. The van der Waals surface area contributed by atoms with Crippen molar-refractivity contribution in [3.63, 3.8) is 0 Å². The van der Waals surface area contributed by atoms with Crippen molar-refractivity contribution < 1.29 is 14.1 Å². The molecule has 0 atom stereocenters. The zero-order chi connectivity index (χ0) is 17.5. The maximum Gasteiger partial charge on any atom is 0.226 e. The lowest BCUT2D eigenvalue weighted by atomic mass is 10.2. The number of methoxy groups -OCH3 is 1. The summed E-state index contributed by atoms with van der Waals surface area (Å²) < 4.78 is 10.3. The number of hydrogen-bond acceptors (Lipinski definition) is 5. The number of benzene rings is 2. The summed E-state index contributed by atoms with van der Waals surface area (Å²) in [6.45, 7) is 0. The molecule has 128 valence electrons. The third kappa shape index (κ3) is 4.67. The molecule has 6 nitrogen and oxygen atoms in total. The largest absolute Gasteiger partial charge is 0.497 e. The van der Waals surface area contributed by atoms with Gasteiger partial charge >= 0.3 is 0 Å². The van der Waals surface area contributed by atoms with Gasteiger partial charge in [0.15, 0.2) is 0 Å². The van der Waals surface area contributed by atoms with E-state index in [2.05, 4.69) is 15.5 Å². The zero-order valence-electron chi connectivity index (χ0n) is 13.9. The number of amides is 1. The average molecular weight is 337 g/mol. The van der Waals surface area contributed by atoms with E-state index < -0.39 is 0 Å². The number of aryl methyl sites for hydroxylation is 1. The quantitative estimate of drug-likeness (QED) is 0.711. The number of nitrogens with one attached hydrogen (secondary N) is 1. The van der Waals surface area contributed by atoms with E-state index in [9.17, 15) is 4.79 Å². The molecule has 0 aliphatic rings. The minimum atomic E-state index is -0.0482. The number of nitrogens with zero attached hydrogens (tertiary/aromatic N) is 2. The van der Waals surface area contributed by atoms with Gasteiger partial charge in [-0.1, -0.05) is 35.5 Å². The maximum absolute atomic E-state index is 12.0. The van der Waals surface area contributed by atoms with Crippen LogP contribution in [-0.2, 0) is 11.2 Å². The minimum Gasteiger partial charge on any atom is -0.497 e. The highest BCUT2D eigenvalue weighted by atomic mass is 16.5. The van der Waals surface area contributed by atoms with Gasteiger partial charge in [0.2, 0.25) is 17.6 Å². The number of anilines is 1. The Morgan fingerprint density at radius 3 is 2.60 bits per heavy atom. The molecule has 2 aromatic carbocycles. The van der Waals surface area contributed by atoms with Gasteiger partial charge in [-0.15, -0.1) is 0 Å². The molecule has 0 spiro atoms. The summed E-state index contributed by atoms with van der Waals surface area (Å²) in [4.78, 5) is 16.3. The van der Waals surface area contributed by atoms with E-state index in [1.807, 2.05) is 30.3 Å². The van der Waals surface area contributed by atoms with Gasteiger partial charge in [0.05, 0.1) is 7.11 Å². The molecule has 25 heavy (non-hydrogen) atoms. The van der Waals surface area contributed by atoms with Gasteiger partial charge < -0.3 is 14.6 Å². The fourth-order valence-corrected chi connectivity index (χ4v) is 2.36. The summed E-state index contributed by atoms with van der Waals surface area (Å²) in [5.41, 5.74) is 1.66. The van der Waals surface area contributed by atoms with Crippen molar-refractivity contribution in [2.45, 2.75) is 19.3 Å². The lowest BCUT2D eigenvalue weighted by Gasteiger charge is -2.05. The Morgan fingerprint density at radius 2 is 1.88 bits per heavy atom. The molecule has 3 aromatic rings. The molecule has 0 radical (unpaired) electrons. The van der Waals surface area contributed by atoms with Crippen LogP contribution in [0.4, 0.5) is 5.69 Å². The van der Waals surface area contributed by atoms with Crippen molar-refractivity contribution >= 4 is 11.6 Å². The highest BCUT2D eigenvalue weighted by Crippen LogP contribution is 2.17. The number of ether oxygens (including phenoxy) is 1. The van der Waals surface area contributed by atoms with E-state index in [1.54, 1.807) is 31.4 Å². The van der Waals surface area contributed by atoms with Crippen LogP contribution in [0.5, 0.6) is 5.75 Å². The average Bonchev–Trinajstić information content (AvgIpc) is 3.12.